The van der Waals surface area contributed by atoms with E-state index < -0.39 is 0 Å². The summed E-state index contributed by atoms with van der Waals surface area (Å²) in [6.07, 6.45) is 0. The highest BCUT2D eigenvalue weighted by molar-refractivity contribution is 5.20. The molecule has 2 rings (SSSR count). The highest BCUT2D eigenvalue weighted by Crippen LogP contribution is 2.15. The molecule has 2 atom stereocenters. The summed E-state index contributed by atoms with van der Waals surface area (Å²) in [5.41, 5.74) is 2.81. The Hall–Kier alpha value is -1.60. The number of rotatable bonds is 6. The Labute approximate surface area is 116 Å². The summed E-state index contributed by atoms with van der Waals surface area (Å²) in [7, 11) is 0. The molecular formula is C18H23N. The quantitative estimate of drug-likeness (QED) is 0.814. The van der Waals surface area contributed by atoms with E-state index in [0.717, 1.165) is 13.1 Å². The van der Waals surface area contributed by atoms with Gasteiger partial charge in [-0.2, -0.15) is 0 Å². The molecule has 0 amide bonds. The second-order valence-electron chi connectivity index (χ2n) is 5.28. The molecule has 0 aliphatic heterocycles. The van der Waals surface area contributed by atoms with Gasteiger partial charge in [-0.25, -0.2) is 0 Å². The van der Waals surface area contributed by atoms with Gasteiger partial charge in [-0.1, -0.05) is 74.5 Å². The SMILES string of the molecule is C[C@@H](CNC[C@H](C)c1ccccc1)c1ccccc1. The topological polar surface area (TPSA) is 12.0 Å². The summed E-state index contributed by atoms with van der Waals surface area (Å²) in [6.45, 7) is 6.60. The molecule has 0 aliphatic carbocycles. The third kappa shape index (κ3) is 4.22. The van der Waals surface area contributed by atoms with Crippen molar-refractivity contribution >= 4 is 0 Å². The first-order chi connectivity index (χ1) is 9.27. The molecule has 100 valence electrons. The maximum absolute atomic E-state index is 3.58. The lowest BCUT2D eigenvalue weighted by molar-refractivity contribution is 0.574. The first kappa shape index (κ1) is 13.8. The first-order valence-electron chi connectivity index (χ1n) is 7.08. The van der Waals surface area contributed by atoms with Gasteiger partial charge in [-0.05, 0) is 23.0 Å². The van der Waals surface area contributed by atoms with Crippen LogP contribution in [0.15, 0.2) is 60.7 Å². The van der Waals surface area contributed by atoms with Gasteiger partial charge in [0.25, 0.3) is 0 Å². The molecule has 0 spiro atoms. The van der Waals surface area contributed by atoms with Crippen molar-refractivity contribution in [2.45, 2.75) is 25.7 Å². The molecule has 0 fully saturated rings. The molecule has 2 aromatic carbocycles. The van der Waals surface area contributed by atoms with Crippen LogP contribution < -0.4 is 5.32 Å². The van der Waals surface area contributed by atoms with Crippen LogP contribution in [-0.4, -0.2) is 13.1 Å². The molecule has 19 heavy (non-hydrogen) atoms. The molecule has 1 nitrogen and oxygen atoms in total. The lowest BCUT2D eigenvalue weighted by Gasteiger charge is -2.16. The van der Waals surface area contributed by atoms with Crippen molar-refractivity contribution in [1.29, 1.82) is 0 Å². The molecule has 0 bridgehead atoms. The van der Waals surface area contributed by atoms with E-state index in [9.17, 15) is 0 Å². The Morgan fingerprint density at radius 3 is 1.42 bits per heavy atom. The van der Waals surface area contributed by atoms with E-state index in [-0.39, 0.29) is 0 Å². The largest absolute Gasteiger partial charge is 0.316 e. The van der Waals surface area contributed by atoms with Crippen LogP contribution in [0.2, 0.25) is 0 Å². The maximum Gasteiger partial charge on any atom is 0.00177 e. The Morgan fingerprint density at radius 1 is 0.684 bits per heavy atom. The third-order valence-electron chi connectivity index (χ3n) is 3.64. The van der Waals surface area contributed by atoms with Crippen molar-refractivity contribution in [2.75, 3.05) is 13.1 Å². The Balaban J connectivity index is 1.78. The second-order valence-corrected chi connectivity index (χ2v) is 5.28. The van der Waals surface area contributed by atoms with E-state index >= 15 is 0 Å². The predicted molar refractivity (Wildman–Crippen MR) is 82.6 cm³/mol. The Morgan fingerprint density at radius 2 is 1.05 bits per heavy atom. The molecule has 0 heterocycles. The van der Waals surface area contributed by atoms with Crippen LogP contribution in [0, 0.1) is 0 Å². The van der Waals surface area contributed by atoms with E-state index in [1.807, 2.05) is 0 Å². The van der Waals surface area contributed by atoms with Crippen LogP contribution in [-0.2, 0) is 0 Å². The van der Waals surface area contributed by atoms with E-state index in [0.29, 0.717) is 11.8 Å². The first-order valence-corrected chi connectivity index (χ1v) is 7.08. The van der Waals surface area contributed by atoms with Crippen LogP contribution in [0.1, 0.15) is 36.8 Å². The van der Waals surface area contributed by atoms with Crippen LogP contribution >= 0.6 is 0 Å². The minimum Gasteiger partial charge on any atom is -0.316 e. The lowest BCUT2D eigenvalue weighted by Crippen LogP contribution is -2.24. The van der Waals surface area contributed by atoms with Gasteiger partial charge in [0.15, 0.2) is 0 Å². The number of benzene rings is 2. The normalized spacial score (nSPS) is 14.0. The minimum atomic E-state index is 0.559. The van der Waals surface area contributed by atoms with E-state index in [1.165, 1.54) is 11.1 Å². The van der Waals surface area contributed by atoms with Gasteiger partial charge in [0.1, 0.15) is 0 Å². The third-order valence-corrected chi connectivity index (χ3v) is 3.64. The van der Waals surface area contributed by atoms with Gasteiger partial charge in [0.2, 0.25) is 0 Å². The fourth-order valence-corrected chi connectivity index (χ4v) is 2.32. The van der Waals surface area contributed by atoms with E-state index in [1.54, 1.807) is 0 Å². The molecule has 0 saturated heterocycles. The standard InChI is InChI=1S/C18H23N/c1-15(17-9-5-3-6-10-17)13-19-14-16(2)18-11-7-4-8-12-18/h3-12,15-16,19H,13-14H2,1-2H3/t15-,16-/m0/s1. The summed E-state index contributed by atoms with van der Waals surface area (Å²) >= 11 is 0. The summed E-state index contributed by atoms with van der Waals surface area (Å²) in [6, 6.07) is 21.4. The van der Waals surface area contributed by atoms with Crippen LogP contribution in [0.4, 0.5) is 0 Å². The molecule has 1 N–H and O–H groups in total. The highest BCUT2D eigenvalue weighted by atomic mass is 14.9. The summed E-state index contributed by atoms with van der Waals surface area (Å²) < 4.78 is 0. The van der Waals surface area contributed by atoms with Gasteiger partial charge in [0.05, 0.1) is 0 Å². The number of hydrogen-bond donors (Lipinski definition) is 1. The van der Waals surface area contributed by atoms with Crippen molar-refractivity contribution in [3.63, 3.8) is 0 Å². The zero-order chi connectivity index (χ0) is 13.5. The monoisotopic (exact) mass is 253 g/mol. The van der Waals surface area contributed by atoms with Gasteiger partial charge >= 0.3 is 0 Å². The van der Waals surface area contributed by atoms with Crippen molar-refractivity contribution in [2.24, 2.45) is 0 Å². The van der Waals surface area contributed by atoms with Crippen LogP contribution in [0.25, 0.3) is 0 Å². The fraction of sp³-hybridized carbons (Fsp3) is 0.333. The minimum absolute atomic E-state index is 0.559. The molecule has 1 heteroatoms. The van der Waals surface area contributed by atoms with E-state index in [4.69, 9.17) is 0 Å². The number of nitrogens with one attached hydrogen (secondary N) is 1. The van der Waals surface area contributed by atoms with Gasteiger partial charge < -0.3 is 5.32 Å². The van der Waals surface area contributed by atoms with Crippen LogP contribution in [0.5, 0.6) is 0 Å². The average Bonchev–Trinajstić information content (AvgIpc) is 2.49. The molecule has 0 unspecified atom stereocenters. The van der Waals surface area contributed by atoms with E-state index in [2.05, 4.69) is 79.8 Å². The molecule has 0 radical (unpaired) electrons. The zero-order valence-electron chi connectivity index (χ0n) is 11.8. The summed E-state index contributed by atoms with van der Waals surface area (Å²) in [5, 5.41) is 3.58. The summed E-state index contributed by atoms with van der Waals surface area (Å²) in [4.78, 5) is 0. The summed E-state index contributed by atoms with van der Waals surface area (Å²) in [5.74, 6) is 1.12. The predicted octanol–water partition coefficient (Wildman–Crippen LogP) is 4.18. The highest BCUT2D eigenvalue weighted by Gasteiger charge is 2.07. The molecule has 0 aromatic heterocycles. The van der Waals surface area contributed by atoms with Gasteiger partial charge in [0, 0.05) is 13.1 Å². The van der Waals surface area contributed by atoms with Crippen LogP contribution in [0.3, 0.4) is 0 Å². The van der Waals surface area contributed by atoms with Crippen molar-refractivity contribution in [3.05, 3.63) is 71.8 Å². The van der Waals surface area contributed by atoms with Crippen molar-refractivity contribution in [1.82, 2.24) is 5.32 Å². The van der Waals surface area contributed by atoms with Gasteiger partial charge in [-0.15, -0.1) is 0 Å². The molecule has 0 aliphatic rings. The zero-order valence-corrected chi connectivity index (χ0v) is 11.8. The second kappa shape index (κ2) is 7.10. The van der Waals surface area contributed by atoms with Crippen molar-refractivity contribution < 1.29 is 0 Å². The smallest absolute Gasteiger partial charge is 0.00177 e. The Bertz CT molecular complexity index is 418. The molecule has 0 saturated carbocycles. The Kier molecular flexibility index (Phi) is 5.17. The fourth-order valence-electron chi connectivity index (χ4n) is 2.32. The molecular weight excluding hydrogens is 230 g/mol. The van der Waals surface area contributed by atoms with Gasteiger partial charge in [-0.3, -0.25) is 0 Å². The van der Waals surface area contributed by atoms with Crippen molar-refractivity contribution in [3.8, 4) is 0 Å². The average molecular weight is 253 g/mol. The number of hydrogen-bond acceptors (Lipinski definition) is 1. The lowest BCUT2D eigenvalue weighted by atomic mass is 9.99. The maximum atomic E-state index is 3.58. The molecule has 2 aromatic rings.